The van der Waals surface area contributed by atoms with E-state index in [0.717, 1.165) is 25.9 Å². The van der Waals surface area contributed by atoms with E-state index in [1.165, 1.54) is 11.3 Å². The molecule has 1 heterocycles. The molecule has 1 aromatic carbocycles. The first-order valence-electron chi connectivity index (χ1n) is 6.60. The van der Waals surface area contributed by atoms with Crippen LogP contribution in [-0.4, -0.2) is 38.0 Å². The number of benzene rings is 1. The van der Waals surface area contributed by atoms with Gasteiger partial charge >= 0.3 is 0 Å². The van der Waals surface area contributed by atoms with Gasteiger partial charge in [-0.25, -0.2) is 0 Å². The Morgan fingerprint density at radius 3 is 2.22 bits per heavy atom. The SMILES string of the molecule is Cc1ccc(N2CCC(C(=O)N(C)C)CC2)cc1. The van der Waals surface area contributed by atoms with Crippen LogP contribution in [-0.2, 0) is 4.79 Å². The van der Waals surface area contributed by atoms with E-state index in [4.69, 9.17) is 0 Å². The number of piperidine rings is 1. The molecule has 1 amide bonds. The van der Waals surface area contributed by atoms with E-state index in [1.54, 1.807) is 4.90 Å². The number of hydrogen-bond donors (Lipinski definition) is 0. The van der Waals surface area contributed by atoms with Crippen LogP contribution in [0.15, 0.2) is 24.3 Å². The number of aryl methyl sites for hydroxylation is 1. The second-order valence-electron chi connectivity index (χ2n) is 5.33. The molecule has 1 aliphatic rings. The molecule has 0 saturated carbocycles. The normalized spacial score (nSPS) is 16.7. The van der Waals surface area contributed by atoms with Crippen LogP contribution in [0.5, 0.6) is 0 Å². The molecule has 1 fully saturated rings. The lowest BCUT2D eigenvalue weighted by Gasteiger charge is -2.34. The molecular weight excluding hydrogens is 224 g/mol. The molecule has 0 atom stereocenters. The van der Waals surface area contributed by atoms with Crippen molar-refractivity contribution in [2.45, 2.75) is 19.8 Å². The number of rotatable bonds is 2. The van der Waals surface area contributed by atoms with Crippen molar-refractivity contribution >= 4 is 11.6 Å². The van der Waals surface area contributed by atoms with E-state index in [0.29, 0.717) is 0 Å². The monoisotopic (exact) mass is 246 g/mol. The van der Waals surface area contributed by atoms with Crippen LogP contribution in [0.25, 0.3) is 0 Å². The van der Waals surface area contributed by atoms with Gasteiger partial charge in [-0.15, -0.1) is 0 Å². The van der Waals surface area contributed by atoms with Crippen molar-refractivity contribution in [1.29, 1.82) is 0 Å². The molecule has 98 valence electrons. The van der Waals surface area contributed by atoms with Crippen molar-refractivity contribution in [2.75, 3.05) is 32.1 Å². The van der Waals surface area contributed by atoms with E-state index in [9.17, 15) is 4.79 Å². The predicted molar refractivity (Wildman–Crippen MR) is 74.8 cm³/mol. The lowest BCUT2D eigenvalue weighted by Crippen LogP contribution is -2.40. The first-order chi connectivity index (χ1) is 8.58. The molecule has 1 aromatic rings. The molecule has 0 spiro atoms. The van der Waals surface area contributed by atoms with Crippen LogP contribution >= 0.6 is 0 Å². The molecule has 2 rings (SSSR count). The number of anilines is 1. The van der Waals surface area contributed by atoms with E-state index in [1.807, 2.05) is 14.1 Å². The minimum absolute atomic E-state index is 0.210. The number of hydrogen-bond acceptors (Lipinski definition) is 2. The van der Waals surface area contributed by atoms with Gasteiger partial charge in [-0.2, -0.15) is 0 Å². The van der Waals surface area contributed by atoms with Gasteiger partial charge in [-0.05, 0) is 31.9 Å². The van der Waals surface area contributed by atoms with E-state index < -0.39 is 0 Å². The highest BCUT2D eigenvalue weighted by molar-refractivity contribution is 5.78. The summed E-state index contributed by atoms with van der Waals surface area (Å²) in [6, 6.07) is 8.63. The third-order valence-electron chi connectivity index (χ3n) is 3.68. The summed E-state index contributed by atoms with van der Waals surface area (Å²) in [6.07, 6.45) is 1.93. The van der Waals surface area contributed by atoms with Crippen molar-refractivity contribution < 1.29 is 4.79 Å². The Morgan fingerprint density at radius 1 is 1.17 bits per heavy atom. The average Bonchev–Trinajstić information content (AvgIpc) is 2.39. The third kappa shape index (κ3) is 2.84. The van der Waals surface area contributed by atoms with Gasteiger partial charge in [0.2, 0.25) is 5.91 Å². The molecule has 0 aliphatic carbocycles. The Bertz CT molecular complexity index is 403. The fourth-order valence-electron chi connectivity index (χ4n) is 2.51. The summed E-state index contributed by atoms with van der Waals surface area (Å²) in [5.74, 6) is 0.486. The molecule has 18 heavy (non-hydrogen) atoms. The molecule has 0 aromatic heterocycles. The number of carbonyl (C=O) groups excluding carboxylic acids is 1. The molecule has 3 heteroatoms. The fraction of sp³-hybridized carbons (Fsp3) is 0.533. The van der Waals surface area contributed by atoms with Crippen molar-refractivity contribution in [3.8, 4) is 0 Å². The van der Waals surface area contributed by atoms with Gasteiger partial charge in [0.05, 0.1) is 0 Å². The number of carbonyl (C=O) groups is 1. The Kier molecular flexibility index (Phi) is 3.90. The first kappa shape index (κ1) is 12.9. The van der Waals surface area contributed by atoms with Crippen LogP contribution < -0.4 is 4.90 Å². The topological polar surface area (TPSA) is 23.6 Å². The highest BCUT2D eigenvalue weighted by Crippen LogP contribution is 2.24. The molecule has 3 nitrogen and oxygen atoms in total. The smallest absolute Gasteiger partial charge is 0.225 e. The molecule has 0 unspecified atom stereocenters. The number of amides is 1. The Morgan fingerprint density at radius 2 is 1.72 bits per heavy atom. The summed E-state index contributed by atoms with van der Waals surface area (Å²) < 4.78 is 0. The Hall–Kier alpha value is -1.51. The highest BCUT2D eigenvalue weighted by atomic mass is 16.2. The summed E-state index contributed by atoms with van der Waals surface area (Å²) in [5.41, 5.74) is 2.56. The van der Waals surface area contributed by atoms with Gasteiger partial charge in [0, 0.05) is 38.8 Å². The predicted octanol–water partition coefficient (Wildman–Crippen LogP) is 2.30. The summed E-state index contributed by atoms with van der Waals surface area (Å²) in [4.78, 5) is 16.0. The van der Waals surface area contributed by atoms with Gasteiger partial charge in [-0.3, -0.25) is 4.79 Å². The molecule has 1 aliphatic heterocycles. The summed E-state index contributed by atoms with van der Waals surface area (Å²) in [6.45, 7) is 4.06. The summed E-state index contributed by atoms with van der Waals surface area (Å²) in [5, 5.41) is 0. The zero-order valence-electron chi connectivity index (χ0n) is 11.5. The molecule has 0 N–H and O–H groups in total. The van der Waals surface area contributed by atoms with E-state index in [-0.39, 0.29) is 11.8 Å². The van der Waals surface area contributed by atoms with E-state index >= 15 is 0 Å². The zero-order chi connectivity index (χ0) is 13.1. The van der Waals surface area contributed by atoms with Gasteiger partial charge < -0.3 is 9.80 Å². The standard InChI is InChI=1S/C15H22N2O/c1-12-4-6-14(7-5-12)17-10-8-13(9-11-17)15(18)16(2)3/h4-7,13H,8-11H2,1-3H3. The number of nitrogens with zero attached hydrogens (tertiary/aromatic N) is 2. The molecular formula is C15H22N2O. The van der Waals surface area contributed by atoms with Crippen LogP contribution in [0.2, 0.25) is 0 Å². The maximum absolute atomic E-state index is 11.9. The quantitative estimate of drug-likeness (QED) is 0.799. The maximum Gasteiger partial charge on any atom is 0.225 e. The minimum atomic E-state index is 0.210. The van der Waals surface area contributed by atoms with Gasteiger partial charge in [0.15, 0.2) is 0 Å². The van der Waals surface area contributed by atoms with Gasteiger partial charge in [0.1, 0.15) is 0 Å². The first-order valence-corrected chi connectivity index (χ1v) is 6.60. The van der Waals surface area contributed by atoms with Gasteiger partial charge in [0.25, 0.3) is 0 Å². The van der Waals surface area contributed by atoms with Crippen LogP contribution in [0.1, 0.15) is 18.4 Å². The third-order valence-corrected chi connectivity index (χ3v) is 3.68. The maximum atomic E-state index is 11.9. The molecule has 0 radical (unpaired) electrons. The lowest BCUT2D eigenvalue weighted by atomic mass is 9.95. The molecule has 0 bridgehead atoms. The van der Waals surface area contributed by atoms with Crippen LogP contribution in [0.3, 0.4) is 0 Å². The highest BCUT2D eigenvalue weighted by Gasteiger charge is 2.25. The second kappa shape index (κ2) is 5.42. The van der Waals surface area contributed by atoms with Crippen molar-refractivity contribution in [3.05, 3.63) is 29.8 Å². The van der Waals surface area contributed by atoms with Crippen molar-refractivity contribution in [2.24, 2.45) is 5.92 Å². The summed E-state index contributed by atoms with van der Waals surface area (Å²) in [7, 11) is 3.68. The molecule has 1 saturated heterocycles. The Balaban J connectivity index is 1.94. The van der Waals surface area contributed by atoms with E-state index in [2.05, 4.69) is 36.1 Å². The zero-order valence-corrected chi connectivity index (χ0v) is 11.5. The fourth-order valence-corrected chi connectivity index (χ4v) is 2.51. The largest absolute Gasteiger partial charge is 0.371 e. The Labute approximate surface area is 109 Å². The average molecular weight is 246 g/mol. The lowest BCUT2D eigenvalue weighted by molar-refractivity contribution is -0.133. The second-order valence-corrected chi connectivity index (χ2v) is 5.33. The van der Waals surface area contributed by atoms with Crippen molar-refractivity contribution in [1.82, 2.24) is 4.90 Å². The summed E-state index contributed by atoms with van der Waals surface area (Å²) >= 11 is 0. The van der Waals surface area contributed by atoms with Crippen molar-refractivity contribution in [3.63, 3.8) is 0 Å². The van der Waals surface area contributed by atoms with Crippen LogP contribution in [0, 0.1) is 12.8 Å². The van der Waals surface area contributed by atoms with Gasteiger partial charge in [-0.1, -0.05) is 17.7 Å². The van der Waals surface area contributed by atoms with Crippen LogP contribution in [0.4, 0.5) is 5.69 Å². The minimum Gasteiger partial charge on any atom is -0.371 e.